The van der Waals surface area contributed by atoms with Crippen LogP contribution in [0.15, 0.2) is 42.5 Å². The van der Waals surface area contributed by atoms with Crippen LogP contribution in [-0.2, 0) is 0 Å². The van der Waals surface area contributed by atoms with Gasteiger partial charge in [-0.3, -0.25) is 0 Å². The second-order valence-corrected chi connectivity index (χ2v) is 5.28. The molecule has 90 valence electrons. The van der Waals surface area contributed by atoms with E-state index in [9.17, 15) is 0 Å². The fourth-order valence-electron chi connectivity index (χ4n) is 1.79. The van der Waals surface area contributed by atoms with Crippen LogP contribution in [0.3, 0.4) is 0 Å². The van der Waals surface area contributed by atoms with Crippen LogP contribution < -0.4 is 4.74 Å². The van der Waals surface area contributed by atoms with Gasteiger partial charge in [-0.2, -0.15) is 0 Å². The SMILES string of the molecule is COc1cccc(-c2nc3c(Cl)cccc3s2)c1. The number of hydrogen-bond donors (Lipinski definition) is 0. The van der Waals surface area contributed by atoms with Gasteiger partial charge in [0.2, 0.25) is 0 Å². The van der Waals surface area contributed by atoms with Crippen molar-refractivity contribution >= 4 is 33.2 Å². The Balaban J connectivity index is 2.16. The highest BCUT2D eigenvalue weighted by molar-refractivity contribution is 7.21. The Morgan fingerprint density at radius 3 is 2.78 bits per heavy atom. The van der Waals surface area contributed by atoms with Crippen LogP contribution in [0.1, 0.15) is 0 Å². The molecule has 18 heavy (non-hydrogen) atoms. The molecule has 0 bridgehead atoms. The largest absolute Gasteiger partial charge is 0.497 e. The van der Waals surface area contributed by atoms with Gasteiger partial charge in [0.1, 0.15) is 16.3 Å². The molecule has 2 nitrogen and oxygen atoms in total. The summed E-state index contributed by atoms with van der Waals surface area (Å²) in [6.07, 6.45) is 0. The number of halogens is 1. The average Bonchev–Trinajstić information content (AvgIpc) is 2.84. The molecule has 0 N–H and O–H groups in total. The minimum atomic E-state index is 0.692. The highest BCUT2D eigenvalue weighted by Gasteiger charge is 2.09. The highest BCUT2D eigenvalue weighted by atomic mass is 35.5. The standard InChI is InChI=1S/C14H10ClNOS/c1-17-10-5-2-4-9(8-10)14-16-13-11(15)6-3-7-12(13)18-14/h2-8H,1H3. The number of methoxy groups -OCH3 is 1. The molecular formula is C14H10ClNOS. The number of nitrogens with zero attached hydrogens (tertiary/aromatic N) is 1. The molecule has 0 unspecified atom stereocenters. The van der Waals surface area contributed by atoms with Crippen LogP contribution >= 0.6 is 22.9 Å². The van der Waals surface area contributed by atoms with E-state index in [0.717, 1.165) is 26.5 Å². The fourth-order valence-corrected chi connectivity index (χ4v) is 3.06. The highest BCUT2D eigenvalue weighted by Crippen LogP contribution is 2.34. The topological polar surface area (TPSA) is 22.1 Å². The minimum Gasteiger partial charge on any atom is -0.497 e. The normalized spacial score (nSPS) is 10.8. The van der Waals surface area contributed by atoms with Crippen LogP contribution in [-0.4, -0.2) is 12.1 Å². The third kappa shape index (κ3) is 1.96. The van der Waals surface area contributed by atoms with E-state index in [1.165, 1.54) is 0 Å². The first-order chi connectivity index (χ1) is 8.78. The molecule has 3 aromatic rings. The van der Waals surface area contributed by atoms with Crippen molar-refractivity contribution in [2.24, 2.45) is 0 Å². The summed E-state index contributed by atoms with van der Waals surface area (Å²) in [6.45, 7) is 0. The molecule has 0 atom stereocenters. The number of hydrogen-bond acceptors (Lipinski definition) is 3. The van der Waals surface area contributed by atoms with Crippen molar-refractivity contribution in [3.8, 4) is 16.3 Å². The van der Waals surface area contributed by atoms with Crippen molar-refractivity contribution in [2.75, 3.05) is 7.11 Å². The molecule has 0 spiro atoms. The Labute approximate surface area is 114 Å². The van der Waals surface area contributed by atoms with Gasteiger partial charge in [0.05, 0.1) is 16.8 Å². The first kappa shape index (κ1) is 11.5. The summed E-state index contributed by atoms with van der Waals surface area (Å²) in [5, 5.41) is 1.65. The second-order valence-electron chi connectivity index (χ2n) is 3.84. The molecule has 4 heteroatoms. The molecule has 0 radical (unpaired) electrons. The first-order valence-corrected chi connectivity index (χ1v) is 6.67. The summed E-state index contributed by atoms with van der Waals surface area (Å²) in [4.78, 5) is 4.59. The van der Waals surface area contributed by atoms with Gasteiger partial charge in [0.15, 0.2) is 0 Å². The summed E-state index contributed by atoms with van der Waals surface area (Å²) in [5.41, 5.74) is 1.91. The summed E-state index contributed by atoms with van der Waals surface area (Å²) in [6, 6.07) is 13.7. The number of rotatable bonds is 2. The number of fused-ring (bicyclic) bond motifs is 1. The lowest BCUT2D eigenvalue weighted by molar-refractivity contribution is 0.415. The van der Waals surface area contributed by atoms with Crippen molar-refractivity contribution in [3.05, 3.63) is 47.5 Å². The third-order valence-electron chi connectivity index (χ3n) is 2.69. The maximum Gasteiger partial charge on any atom is 0.124 e. The van der Waals surface area contributed by atoms with E-state index in [4.69, 9.17) is 16.3 Å². The molecule has 0 aliphatic heterocycles. The third-order valence-corrected chi connectivity index (χ3v) is 4.06. The number of thiazole rings is 1. The quantitative estimate of drug-likeness (QED) is 0.680. The molecule has 2 aromatic carbocycles. The van der Waals surface area contributed by atoms with E-state index in [-0.39, 0.29) is 0 Å². The van der Waals surface area contributed by atoms with Gasteiger partial charge >= 0.3 is 0 Å². The molecule has 0 amide bonds. The smallest absolute Gasteiger partial charge is 0.124 e. The van der Waals surface area contributed by atoms with E-state index >= 15 is 0 Å². The molecule has 1 aromatic heterocycles. The molecule has 3 rings (SSSR count). The second kappa shape index (κ2) is 4.59. The van der Waals surface area contributed by atoms with Gasteiger partial charge in [-0.25, -0.2) is 4.98 Å². The lowest BCUT2D eigenvalue weighted by Crippen LogP contribution is -1.83. The van der Waals surface area contributed by atoms with Crippen LogP contribution in [0.2, 0.25) is 5.02 Å². The number of ether oxygens (including phenoxy) is 1. The van der Waals surface area contributed by atoms with E-state index in [1.807, 2.05) is 42.5 Å². The number of benzene rings is 2. The fraction of sp³-hybridized carbons (Fsp3) is 0.0714. The van der Waals surface area contributed by atoms with Crippen LogP contribution in [0.5, 0.6) is 5.75 Å². The lowest BCUT2D eigenvalue weighted by Gasteiger charge is -2.00. The Hall–Kier alpha value is -1.58. The van der Waals surface area contributed by atoms with Crippen LogP contribution in [0.25, 0.3) is 20.8 Å². The van der Waals surface area contributed by atoms with E-state index in [1.54, 1.807) is 18.4 Å². The molecule has 0 saturated carbocycles. The van der Waals surface area contributed by atoms with Crippen molar-refractivity contribution in [1.29, 1.82) is 0 Å². The zero-order chi connectivity index (χ0) is 12.5. The summed E-state index contributed by atoms with van der Waals surface area (Å²) in [7, 11) is 1.66. The monoisotopic (exact) mass is 275 g/mol. The van der Waals surface area contributed by atoms with Gasteiger partial charge in [-0.05, 0) is 24.3 Å². The summed E-state index contributed by atoms with van der Waals surface area (Å²) < 4.78 is 6.32. The van der Waals surface area contributed by atoms with Crippen molar-refractivity contribution in [3.63, 3.8) is 0 Å². The van der Waals surface area contributed by atoms with Crippen molar-refractivity contribution in [1.82, 2.24) is 4.98 Å². The van der Waals surface area contributed by atoms with Crippen molar-refractivity contribution < 1.29 is 4.74 Å². The predicted molar refractivity (Wildman–Crippen MR) is 76.6 cm³/mol. The Kier molecular flexibility index (Phi) is 2.94. The summed E-state index contributed by atoms with van der Waals surface area (Å²) >= 11 is 7.77. The van der Waals surface area contributed by atoms with E-state index < -0.39 is 0 Å². The van der Waals surface area contributed by atoms with Gasteiger partial charge in [-0.1, -0.05) is 29.8 Å². The van der Waals surface area contributed by atoms with Gasteiger partial charge in [0.25, 0.3) is 0 Å². The molecule has 0 aliphatic carbocycles. The maximum atomic E-state index is 6.14. The van der Waals surface area contributed by atoms with E-state index in [0.29, 0.717) is 5.02 Å². The van der Waals surface area contributed by atoms with Gasteiger partial charge < -0.3 is 4.74 Å². The predicted octanol–water partition coefficient (Wildman–Crippen LogP) is 4.63. The van der Waals surface area contributed by atoms with Crippen LogP contribution in [0.4, 0.5) is 0 Å². The van der Waals surface area contributed by atoms with E-state index in [2.05, 4.69) is 4.98 Å². The number of aromatic nitrogens is 1. The van der Waals surface area contributed by atoms with Gasteiger partial charge in [0, 0.05) is 5.56 Å². The minimum absolute atomic E-state index is 0.692. The van der Waals surface area contributed by atoms with Crippen molar-refractivity contribution in [2.45, 2.75) is 0 Å². The zero-order valence-corrected chi connectivity index (χ0v) is 11.3. The Morgan fingerprint density at radius 2 is 2.00 bits per heavy atom. The van der Waals surface area contributed by atoms with Crippen LogP contribution in [0, 0.1) is 0 Å². The lowest BCUT2D eigenvalue weighted by atomic mass is 10.2. The molecule has 0 saturated heterocycles. The Bertz CT molecular complexity index is 708. The first-order valence-electron chi connectivity index (χ1n) is 5.47. The Morgan fingerprint density at radius 1 is 1.17 bits per heavy atom. The maximum absolute atomic E-state index is 6.14. The number of para-hydroxylation sites is 1. The zero-order valence-electron chi connectivity index (χ0n) is 9.68. The molecule has 0 aliphatic rings. The van der Waals surface area contributed by atoms with Gasteiger partial charge in [-0.15, -0.1) is 11.3 Å². The summed E-state index contributed by atoms with van der Waals surface area (Å²) in [5.74, 6) is 0.831. The molecule has 1 heterocycles. The average molecular weight is 276 g/mol. The molecular weight excluding hydrogens is 266 g/mol. The molecule has 0 fully saturated rings.